The number of alkyl halides is 1. The summed E-state index contributed by atoms with van der Waals surface area (Å²) in [5.74, 6) is -4.14. The first-order chi connectivity index (χ1) is 6.09. The summed E-state index contributed by atoms with van der Waals surface area (Å²) in [7, 11) is 0. The van der Waals surface area contributed by atoms with Crippen molar-refractivity contribution in [3.63, 3.8) is 0 Å². The Kier molecular flexibility index (Phi) is 6.32. The maximum absolute atomic E-state index is 10.2. The molecule has 0 saturated carbocycles. The molecule has 0 aromatic rings. The smallest absolute Gasteiger partial charge is 0.0501 e. The Morgan fingerprint density at radius 3 is 2.00 bits per heavy atom. The number of carboxylic acids is 2. The molecule has 0 saturated heterocycles. The van der Waals surface area contributed by atoms with Gasteiger partial charge in [0.1, 0.15) is 0 Å². The van der Waals surface area contributed by atoms with Gasteiger partial charge in [0.2, 0.25) is 0 Å². The molecule has 0 aliphatic rings. The molecule has 0 atom stereocenters. The molecule has 0 heterocycles. The van der Waals surface area contributed by atoms with Gasteiger partial charge in [0.05, 0.1) is 11.9 Å². The number of hydrogen-bond acceptors (Lipinski definition) is 4. The van der Waals surface area contributed by atoms with E-state index in [1.54, 1.807) is 0 Å². The highest BCUT2D eigenvalue weighted by atomic mass is 35.5. The van der Waals surface area contributed by atoms with E-state index in [-0.39, 0.29) is 6.42 Å². The number of aliphatic carboxylic acids is 2. The first kappa shape index (κ1) is 12.2. The molecule has 0 fully saturated rings. The Balaban J connectivity index is 3.71. The lowest BCUT2D eigenvalue weighted by Crippen LogP contribution is -2.43. The van der Waals surface area contributed by atoms with Crippen LogP contribution < -0.4 is 10.2 Å². The molecule has 4 nitrogen and oxygen atoms in total. The van der Waals surface area contributed by atoms with Crippen LogP contribution >= 0.6 is 11.6 Å². The average molecular weight is 207 g/mol. The minimum Gasteiger partial charge on any atom is -0.549 e. The average Bonchev–Trinajstić information content (AvgIpc) is 2.02. The topological polar surface area (TPSA) is 80.3 Å². The third kappa shape index (κ3) is 5.47. The lowest BCUT2D eigenvalue weighted by atomic mass is 10.0. The molecule has 0 aromatic carbocycles. The highest BCUT2D eigenvalue weighted by molar-refractivity contribution is 6.17. The second kappa shape index (κ2) is 6.71. The van der Waals surface area contributed by atoms with E-state index in [2.05, 4.69) is 0 Å². The van der Waals surface area contributed by atoms with Crippen molar-refractivity contribution in [2.45, 2.75) is 25.7 Å². The summed E-state index contributed by atoms with van der Waals surface area (Å²) < 4.78 is 0. The van der Waals surface area contributed by atoms with Crippen molar-refractivity contribution in [3.8, 4) is 0 Å². The second-order valence-electron chi connectivity index (χ2n) is 2.73. The molecule has 0 radical (unpaired) electrons. The van der Waals surface area contributed by atoms with Gasteiger partial charge in [0.15, 0.2) is 0 Å². The molecular weight excluding hydrogens is 196 g/mol. The molecule has 0 aliphatic carbocycles. The van der Waals surface area contributed by atoms with Gasteiger partial charge < -0.3 is 19.8 Å². The molecule has 0 spiro atoms. The molecule has 0 unspecified atom stereocenters. The summed E-state index contributed by atoms with van der Waals surface area (Å²) in [5, 5.41) is 20.5. The van der Waals surface area contributed by atoms with Crippen molar-refractivity contribution in [1.29, 1.82) is 0 Å². The van der Waals surface area contributed by atoms with Crippen LogP contribution in [0, 0.1) is 5.92 Å². The van der Waals surface area contributed by atoms with Crippen molar-refractivity contribution >= 4 is 23.5 Å². The molecule has 76 valence electrons. The maximum Gasteiger partial charge on any atom is 0.0501 e. The first-order valence-corrected chi connectivity index (χ1v) is 4.60. The van der Waals surface area contributed by atoms with E-state index >= 15 is 0 Å². The van der Waals surface area contributed by atoms with Crippen LogP contribution in [0.5, 0.6) is 0 Å². The zero-order valence-electron chi connectivity index (χ0n) is 7.12. The van der Waals surface area contributed by atoms with Gasteiger partial charge in [-0.25, -0.2) is 0 Å². The second-order valence-corrected chi connectivity index (χ2v) is 3.11. The lowest BCUT2D eigenvalue weighted by Gasteiger charge is -2.18. The summed E-state index contributed by atoms with van der Waals surface area (Å²) in [5.41, 5.74) is 0. The van der Waals surface area contributed by atoms with Crippen molar-refractivity contribution in [2.75, 3.05) is 5.88 Å². The van der Waals surface area contributed by atoms with Gasteiger partial charge in [-0.1, -0.05) is 12.8 Å². The van der Waals surface area contributed by atoms with Gasteiger partial charge in [0, 0.05) is 11.8 Å². The number of halogens is 1. The molecule has 0 rings (SSSR count). The van der Waals surface area contributed by atoms with E-state index in [1.165, 1.54) is 0 Å². The number of rotatable bonds is 7. The van der Waals surface area contributed by atoms with Crippen LogP contribution in [0.2, 0.25) is 0 Å². The van der Waals surface area contributed by atoms with Crippen LogP contribution in [0.15, 0.2) is 0 Å². The Bertz CT molecular complexity index is 167. The highest BCUT2D eigenvalue weighted by Gasteiger charge is 2.09. The van der Waals surface area contributed by atoms with Gasteiger partial charge in [-0.2, -0.15) is 0 Å². The summed E-state index contributed by atoms with van der Waals surface area (Å²) in [6.07, 6.45) is 2.05. The third-order valence-electron chi connectivity index (χ3n) is 1.70. The Morgan fingerprint density at radius 1 is 1.08 bits per heavy atom. The van der Waals surface area contributed by atoms with Gasteiger partial charge in [-0.15, -0.1) is 11.6 Å². The number of unbranched alkanes of at least 4 members (excludes halogenated alkanes) is 2. The van der Waals surface area contributed by atoms with E-state index in [0.717, 1.165) is 12.8 Å². The Labute approximate surface area is 81.5 Å². The zero-order valence-corrected chi connectivity index (χ0v) is 7.88. The number of carbonyl (C=O) groups is 2. The fraction of sp³-hybridized carbons (Fsp3) is 0.750. The van der Waals surface area contributed by atoms with Crippen molar-refractivity contribution in [1.82, 2.24) is 0 Å². The van der Waals surface area contributed by atoms with Gasteiger partial charge >= 0.3 is 0 Å². The van der Waals surface area contributed by atoms with Crippen LogP contribution in [0.3, 0.4) is 0 Å². The minimum atomic E-state index is -1.58. The van der Waals surface area contributed by atoms with E-state index in [0.29, 0.717) is 12.3 Å². The van der Waals surface area contributed by atoms with E-state index in [1.807, 2.05) is 0 Å². The van der Waals surface area contributed by atoms with Crippen LogP contribution in [-0.4, -0.2) is 17.8 Å². The number of hydrogen-bond donors (Lipinski definition) is 0. The van der Waals surface area contributed by atoms with Crippen molar-refractivity contribution in [3.05, 3.63) is 0 Å². The fourth-order valence-corrected chi connectivity index (χ4v) is 1.14. The molecule has 0 N–H and O–H groups in total. The predicted octanol–water partition coefficient (Wildman–Crippen LogP) is -1.10. The third-order valence-corrected chi connectivity index (χ3v) is 1.96. The SMILES string of the molecule is O=C([O-])C(CCCCCCl)C(=O)[O-]. The summed E-state index contributed by atoms with van der Waals surface area (Å²) >= 11 is 5.38. The largest absolute Gasteiger partial charge is 0.549 e. The standard InChI is InChI=1S/C8H13ClO4/c9-5-3-1-2-4-6(7(10)11)8(12)13/h6H,1-5H2,(H,10,11)(H,12,13)/p-2. The molecular formula is C8H11ClO4-2. The van der Waals surface area contributed by atoms with E-state index in [9.17, 15) is 19.8 Å². The first-order valence-electron chi connectivity index (χ1n) is 4.07. The highest BCUT2D eigenvalue weighted by Crippen LogP contribution is 2.09. The van der Waals surface area contributed by atoms with Gasteiger partial charge in [0.25, 0.3) is 0 Å². The summed E-state index contributed by atoms with van der Waals surface area (Å²) in [4.78, 5) is 20.5. The monoisotopic (exact) mass is 206 g/mol. The van der Waals surface area contributed by atoms with E-state index in [4.69, 9.17) is 11.6 Å². The Hall–Kier alpha value is -0.770. The number of carboxylic acid groups (broad SMARTS) is 2. The molecule has 0 aromatic heterocycles. The van der Waals surface area contributed by atoms with Crippen molar-refractivity contribution in [2.24, 2.45) is 5.92 Å². The van der Waals surface area contributed by atoms with Crippen LogP contribution in [0.1, 0.15) is 25.7 Å². The zero-order chi connectivity index (χ0) is 10.3. The van der Waals surface area contributed by atoms with Crippen LogP contribution in [0.4, 0.5) is 0 Å². The molecule has 0 bridgehead atoms. The Morgan fingerprint density at radius 2 is 1.62 bits per heavy atom. The van der Waals surface area contributed by atoms with Gasteiger partial charge in [-0.3, -0.25) is 0 Å². The van der Waals surface area contributed by atoms with Crippen LogP contribution in [0.25, 0.3) is 0 Å². The van der Waals surface area contributed by atoms with Crippen molar-refractivity contribution < 1.29 is 19.8 Å². The minimum absolute atomic E-state index is 0.0571. The van der Waals surface area contributed by atoms with Gasteiger partial charge in [-0.05, 0) is 12.8 Å². The molecule has 5 heteroatoms. The quantitative estimate of drug-likeness (QED) is 0.301. The van der Waals surface area contributed by atoms with E-state index < -0.39 is 17.9 Å². The van der Waals surface area contributed by atoms with Crippen LogP contribution in [-0.2, 0) is 9.59 Å². The predicted molar refractivity (Wildman–Crippen MR) is 42.7 cm³/mol. The molecule has 0 aliphatic heterocycles. The summed E-state index contributed by atoms with van der Waals surface area (Å²) in [6, 6.07) is 0. The summed E-state index contributed by atoms with van der Waals surface area (Å²) in [6.45, 7) is 0. The lowest BCUT2D eigenvalue weighted by molar-refractivity contribution is -0.332. The molecule has 0 amide bonds. The molecule has 13 heavy (non-hydrogen) atoms. The maximum atomic E-state index is 10.2. The number of carbonyl (C=O) groups excluding carboxylic acids is 2. The normalized spacial score (nSPS) is 10.3. The fourth-order valence-electron chi connectivity index (χ4n) is 0.952.